The van der Waals surface area contributed by atoms with E-state index in [0.717, 1.165) is 5.69 Å². The van der Waals surface area contributed by atoms with Crippen molar-refractivity contribution in [1.82, 2.24) is 0 Å². The van der Waals surface area contributed by atoms with Gasteiger partial charge in [-0.2, -0.15) is 0 Å². The predicted octanol–water partition coefficient (Wildman–Crippen LogP) is 1.83. The van der Waals surface area contributed by atoms with Gasteiger partial charge in [0.15, 0.2) is 0 Å². The summed E-state index contributed by atoms with van der Waals surface area (Å²) >= 11 is 0. The molecule has 1 aromatic carbocycles. The van der Waals surface area contributed by atoms with Crippen LogP contribution in [0.5, 0.6) is 0 Å². The molecule has 1 atom stereocenters. The molecule has 24 heavy (non-hydrogen) atoms. The second kappa shape index (κ2) is 12.3. The molecule has 0 unspecified atom stereocenters. The lowest BCUT2D eigenvalue weighted by Gasteiger charge is -2.18. The first-order valence-electron chi connectivity index (χ1n) is 7.76. The molecule has 1 rings (SSSR count). The quantitative estimate of drug-likeness (QED) is 0.489. The van der Waals surface area contributed by atoms with Crippen molar-refractivity contribution in [2.24, 2.45) is 5.73 Å². The van der Waals surface area contributed by atoms with Crippen molar-refractivity contribution < 1.29 is 24.2 Å². The minimum Gasteiger partial charge on any atom is -0.480 e. The van der Waals surface area contributed by atoms with Crippen LogP contribution in [0.1, 0.15) is 32.3 Å². The van der Waals surface area contributed by atoms with Crippen molar-refractivity contribution in [3.8, 4) is 0 Å². The smallest absolute Gasteiger partial charge is 0.328 e. The molecule has 0 aliphatic heterocycles. The number of methoxy groups -OCH3 is 1. The first-order chi connectivity index (χ1) is 11.3. The molecule has 0 aliphatic rings. The Morgan fingerprint density at radius 3 is 2.29 bits per heavy atom. The molecule has 7 heteroatoms. The summed E-state index contributed by atoms with van der Waals surface area (Å²) in [5.74, 6) is -0.832. The van der Waals surface area contributed by atoms with Gasteiger partial charge in [0.1, 0.15) is 12.6 Å². The number of carbonyl (C=O) groups is 2. The summed E-state index contributed by atoms with van der Waals surface area (Å²) in [7, 11) is 1.58. The van der Waals surface area contributed by atoms with Crippen molar-refractivity contribution in [2.45, 2.75) is 32.7 Å². The van der Waals surface area contributed by atoms with E-state index in [1.54, 1.807) is 14.0 Å². The van der Waals surface area contributed by atoms with Crippen LogP contribution in [0.3, 0.4) is 0 Å². The number of nitrogens with one attached hydrogen (secondary N) is 1. The highest BCUT2D eigenvalue weighted by Gasteiger charge is 2.16. The Morgan fingerprint density at radius 2 is 1.79 bits per heavy atom. The van der Waals surface area contributed by atoms with Crippen LogP contribution in [0.25, 0.3) is 0 Å². The fraction of sp³-hybridized carbons (Fsp3) is 0.529. The fourth-order valence-corrected chi connectivity index (χ4v) is 1.77. The van der Waals surface area contributed by atoms with E-state index in [0.29, 0.717) is 12.5 Å². The topological polar surface area (TPSA) is 111 Å². The maximum absolute atomic E-state index is 11.8. The third-order valence-corrected chi connectivity index (χ3v) is 3.01. The van der Waals surface area contributed by atoms with Crippen molar-refractivity contribution in [3.63, 3.8) is 0 Å². The zero-order valence-corrected chi connectivity index (χ0v) is 14.7. The maximum atomic E-state index is 11.8. The Hall–Kier alpha value is -2.12. The highest BCUT2D eigenvalue weighted by Crippen LogP contribution is 2.24. The molecule has 136 valence electrons. The van der Waals surface area contributed by atoms with Crippen molar-refractivity contribution in [3.05, 3.63) is 29.8 Å². The summed E-state index contributed by atoms with van der Waals surface area (Å²) in [4.78, 5) is 21.0. The molecule has 0 spiro atoms. The Bertz CT molecular complexity index is 506. The lowest BCUT2D eigenvalue weighted by molar-refractivity contribution is -0.145. The molecule has 7 nitrogen and oxygen atoms in total. The van der Waals surface area contributed by atoms with E-state index in [1.807, 2.05) is 18.2 Å². The normalized spacial score (nSPS) is 11.2. The molecule has 0 fully saturated rings. The van der Waals surface area contributed by atoms with E-state index in [1.165, 1.54) is 5.56 Å². The fourth-order valence-electron chi connectivity index (χ4n) is 1.77. The van der Waals surface area contributed by atoms with Crippen LogP contribution in [0.4, 0.5) is 5.69 Å². The minimum absolute atomic E-state index is 0.268. The van der Waals surface area contributed by atoms with Gasteiger partial charge in [0, 0.05) is 12.8 Å². The molecule has 0 radical (unpaired) electrons. The predicted molar refractivity (Wildman–Crippen MR) is 93.1 cm³/mol. The van der Waals surface area contributed by atoms with Crippen LogP contribution in [-0.4, -0.2) is 50.0 Å². The summed E-state index contributed by atoms with van der Waals surface area (Å²) in [5.41, 5.74) is 6.75. The van der Waals surface area contributed by atoms with Gasteiger partial charge in [0.05, 0.1) is 13.2 Å². The highest BCUT2D eigenvalue weighted by atomic mass is 16.6. The second-order valence-electron chi connectivity index (χ2n) is 5.37. The average Bonchev–Trinajstić information content (AvgIpc) is 2.55. The number of rotatable bonds is 8. The number of esters is 1. The molecule has 1 aromatic rings. The van der Waals surface area contributed by atoms with E-state index in [9.17, 15) is 9.59 Å². The van der Waals surface area contributed by atoms with E-state index in [-0.39, 0.29) is 25.2 Å². The van der Waals surface area contributed by atoms with E-state index in [4.69, 9.17) is 14.6 Å². The number of anilines is 1. The molecule has 4 N–H and O–H groups in total. The van der Waals surface area contributed by atoms with Crippen molar-refractivity contribution >= 4 is 17.6 Å². The van der Waals surface area contributed by atoms with Crippen LogP contribution in [0, 0.1) is 0 Å². The standard InChI is InChI=1S/C15H23NO3.C2H5NO2/c1-11(2)13-7-5-6-8-14(13)16-12(3)15(17)19-10-9-18-4;3-1-2(4)5/h5-8,11-12,16H,9-10H2,1-4H3;1,3H2,(H,4,5)/t12-;/m0./s1. The zero-order valence-electron chi connectivity index (χ0n) is 14.7. The van der Waals surface area contributed by atoms with Gasteiger partial charge in [-0.1, -0.05) is 32.0 Å². The first kappa shape index (κ1) is 21.9. The Morgan fingerprint density at radius 1 is 1.21 bits per heavy atom. The zero-order chi connectivity index (χ0) is 18.5. The van der Waals surface area contributed by atoms with Gasteiger partial charge < -0.3 is 25.6 Å². The second-order valence-corrected chi connectivity index (χ2v) is 5.37. The summed E-state index contributed by atoms with van der Waals surface area (Å²) in [6, 6.07) is 7.63. The van der Waals surface area contributed by atoms with Crippen LogP contribution in [0.15, 0.2) is 24.3 Å². The molecule has 0 saturated heterocycles. The van der Waals surface area contributed by atoms with E-state index < -0.39 is 5.97 Å². The van der Waals surface area contributed by atoms with Crippen molar-refractivity contribution in [2.75, 3.05) is 32.2 Å². The first-order valence-corrected chi connectivity index (χ1v) is 7.76. The lowest BCUT2D eigenvalue weighted by Crippen LogP contribution is -2.29. The van der Waals surface area contributed by atoms with Crippen LogP contribution >= 0.6 is 0 Å². The number of aliphatic carboxylic acids is 1. The van der Waals surface area contributed by atoms with Gasteiger partial charge in [0.2, 0.25) is 0 Å². The van der Waals surface area contributed by atoms with Gasteiger partial charge in [-0.15, -0.1) is 0 Å². The van der Waals surface area contributed by atoms with Crippen LogP contribution in [0.2, 0.25) is 0 Å². The van der Waals surface area contributed by atoms with Gasteiger partial charge in [-0.25, -0.2) is 4.79 Å². The number of hydrogen-bond donors (Lipinski definition) is 3. The van der Waals surface area contributed by atoms with Gasteiger partial charge in [-0.3, -0.25) is 4.79 Å². The number of carbonyl (C=O) groups excluding carboxylic acids is 1. The van der Waals surface area contributed by atoms with Gasteiger partial charge in [0.25, 0.3) is 0 Å². The third kappa shape index (κ3) is 9.12. The summed E-state index contributed by atoms with van der Waals surface area (Å²) in [5, 5.41) is 10.8. The number of hydrogen-bond acceptors (Lipinski definition) is 6. The molecule has 0 aliphatic carbocycles. The average molecular weight is 340 g/mol. The number of nitrogens with two attached hydrogens (primary N) is 1. The highest BCUT2D eigenvalue weighted by molar-refractivity contribution is 5.79. The number of carboxylic acid groups (broad SMARTS) is 1. The molecule has 0 amide bonds. The summed E-state index contributed by atoms with van der Waals surface area (Å²) < 4.78 is 9.93. The lowest BCUT2D eigenvalue weighted by atomic mass is 10.0. The summed E-state index contributed by atoms with van der Waals surface area (Å²) in [6.45, 7) is 6.48. The molecule has 0 heterocycles. The van der Waals surface area contributed by atoms with Gasteiger partial charge >= 0.3 is 11.9 Å². The maximum Gasteiger partial charge on any atom is 0.328 e. The van der Waals surface area contributed by atoms with Crippen LogP contribution < -0.4 is 11.1 Å². The van der Waals surface area contributed by atoms with Crippen molar-refractivity contribution in [1.29, 1.82) is 0 Å². The monoisotopic (exact) mass is 340 g/mol. The number of para-hydroxylation sites is 1. The Balaban J connectivity index is 0.000000922. The van der Waals surface area contributed by atoms with Crippen LogP contribution in [-0.2, 0) is 19.1 Å². The number of carboxylic acids is 1. The minimum atomic E-state index is -0.968. The largest absolute Gasteiger partial charge is 0.480 e. The third-order valence-electron chi connectivity index (χ3n) is 3.01. The summed E-state index contributed by atoms with van der Waals surface area (Å²) in [6.07, 6.45) is 0. The Kier molecular flexibility index (Phi) is 11.2. The molecular weight excluding hydrogens is 312 g/mol. The number of ether oxygens (including phenoxy) is 2. The van der Waals surface area contributed by atoms with Gasteiger partial charge in [-0.05, 0) is 24.5 Å². The Labute approximate surface area is 143 Å². The molecule has 0 bridgehead atoms. The van der Waals surface area contributed by atoms with E-state index >= 15 is 0 Å². The SMILES string of the molecule is COCCOC(=O)[C@H](C)Nc1ccccc1C(C)C.NCC(=O)O. The molecule has 0 saturated carbocycles. The number of benzene rings is 1. The van der Waals surface area contributed by atoms with E-state index in [2.05, 4.69) is 31.0 Å². The molecule has 0 aromatic heterocycles. The molecular formula is C17H28N2O5.